The number of nitrogens with one attached hydrogen (secondary N) is 5. The van der Waals surface area contributed by atoms with Gasteiger partial charge in [0.2, 0.25) is 35.4 Å². The lowest BCUT2D eigenvalue weighted by Gasteiger charge is -2.42. The highest BCUT2D eigenvalue weighted by molar-refractivity contribution is 5.97. The highest BCUT2D eigenvalue weighted by Gasteiger charge is 2.48. The second kappa shape index (κ2) is 29.1. The van der Waals surface area contributed by atoms with Gasteiger partial charge in [-0.15, -0.1) is 0 Å². The molecule has 2 heterocycles. The number of nitrogens with zero attached hydrogens (tertiary/aromatic N) is 4. The van der Waals surface area contributed by atoms with E-state index in [9.17, 15) is 33.6 Å². The van der Waals surface area contributed by atoms with Crippen LogP contribution in [0.1, 0.15) is 196 Å². The molecule has 2 aliphatic heterocycles. The number of likely N-dealkylation sites (tertiary alicyclic amines) is 1. The van der Waals surface area contributed by atoms with Gasteiger partial charge in [-0.1, -0.05) is 120 Å². The molecule has 1 saturated heterocycles. The van der Waals surface area contributed by atoms with Gasteiger partial charge >= 0.3 is 12.2 Å². The van der Waals surface area contributed by atoms with E-state index in [0.29, 0.717) is 18.4 Å². The Morgan fingerprint density at radius 3 is 1.46 bits per heavy atom. The SMILES string of the molecule is C[C@@H](C(=O)NC(C(=O)N1C[C@@H](NC(=O)c2ccc(CCc3ccc4c(c3)CN(C(=O)[C@@H](NC(=O)[C@H](C)N(C)C(=O)OC(C)(C)C)C(C)(C)C)[C@H](C(=O)N[C@@H]3CCCc5ccccc53)C4)cc2)C[C@H]1C(=O)N[C@@H]1CCCc2ccccc21)C(C)(C)C)N(C)C(=O)OC(C)(C)C. The fourth-order valence-corrected chi connectivity index (χ4v) is 12.9. The molecule has 1 unspecified atom stereocenters. The average molecular weight is 1290 g/mol. The number of aryl methyl sites for hydroxylation is 4. The normalized spacial score (nSPS) is 20.1. The second-order valence-corrected chi connectivity index (χ2v) is 30.4. The van der Waals surface area contributed by atoms with Crippen molar-refractivity contribution < 1.29 is 52.6 Å². The molecule has 9 amide bonds. The summed E-state index contributed by atoms with van der Waals surface area (Å²) in [6.45, 7) is 24.7. The van der Waals surface area contributed by atoms with E-state index >= 15 is 9.59 Å². The van der Waals surface area contributed by atoms with Crippen LogP contribution in [0.15, 0.2) is 91.0 Å². The lowest BCUT2D eigenvalue weighted by molar-refractivity contribution is -0.147. The number of amides is 9. The van der Waals surface area contributed by atoms with Crippen molar-refractivity contribution >= 4 is 53.5 Å². The topological polar surface area (TPSA) is 245 Å². The van der Waals surface area contributed by atoms with Crippen LogP contribution in [-0.4, -0.2) is 147 Å². The van der Waals surface area contributed by atoms with Crippen LogP contribution in [0.3, 0.4) is 0 Å². The fraction of sp³-hybridized carbons (Fsp3) is 0.554. The number of carbonyl (C=O) groups is 9. The van der Waals surface area contributed by atoms with Crippen LogP contribution < -0.4 is 26.6 Å². The predicted octanol–water partition coefficient (Wildman–Crippen LogP) is 9.38. The molecule has 8 rings (SSSR count). The first-order valence-electron chi connectivity index (χ1n) is 33.4. The van der Waals surface area contributed by atoms with Gasteiger partial charge < -0.3 is 45.9 Å². The Kier molecular flexibility index (Phi) is 22.2. The third-order valence-corrected chi connectivity index (χ3v) is 18.6. The Bertz CT molecular complexity index is 3470. The van der Waals surface area contributed by atoms with E-state index < -0.39 is 100 Å². The highest BCUT2D eigenvalue weighted by Crippen LogP contribution is 2.35. The summed E-state index contributed by atoms with van der Waals surface area (Å²) in [5, 5.41) is 15.6. The van der Waals surface area contributed by atoms with E-state index in [2.05, 4.69) is 44.8 Å². The summed E-state index contributed by atoms with van der Waals surface area (Å²) < 4.78 is 11.1. The van der Waals surface area contributed by atoms with Gasteiger partial charge in [-0.2, -0.15) is 0 Å². The quantitative estimate of drug-likeness (QED) is 0.0667. The molecule has 4 aromatic carbocycles. The van der Waals surface area contributed by atoms with Gasteiger partial charge in [0.15, 0.2) is 0 Å². The van der Waals surface area contributed by atoms with Crippen molar-refractivity contribution in [2.75, 3.05) is 20.6 Å². The minimum absolute atomic E-state index is 0.00391. The molecule has 4 aliphatic rings. The number of rotatable bonds is 17. The first kappa shape index (κ1) is 71.6. The summed E-state index contributed by atoms with van der Waals surface area (Å²) >= 11 is 0. The van der Waals surface area contributed by atoms with Crippen LogP contribution in [0.4, 0.5) is 9.59 Å². The molecular weight excluding hydrogens is 1190 g/mol. The number of hydrogen-bond acceptors (Lipinski definition) is 11. The van der Waals surface area contributed by atoms with Crippen molar-refractivity contribution in [2.24, 2.45) is 10.8 Å². The largest absolute Gasteiger partial charge is 0.444 e. The summed E-state index contributed by atoms with van der Waals surface area (Å²) in [7, 11) is 2.94. The van der Waals surface area contributed by atoms with Crippen LogP contribution in [0.5, 0.6) is 0 Å². The highest BCUT2D eigenvalue weighted by atomic mass is 16.6. The van der Waals surface area contributed by atoms with Gasteiger partial charge in [0, 0.05) is 45.2 Å². The van der Waals surface area contributed by atoms with E-state index in [-0.39, 0.29) is 55.7 Å². The Morgan fingerprint density at radius 2 is 0.979 bits per heavy atom. The molecule has 0 saturated carbocycles. The minimum Gasteiger partial charge on any atom is -0.444 e. The summed E-state index contributed by atoms with van der Waals surface area (Å²) in [5.74, 6) is -3.07. The number of carbonyl (C=O) groups excluding carboxylic acids is 9. The van der Waals surface area contributed by atoms with Crippen molar-refractivity contribution in [1.82, 2.24) is 46.2 Å². The van der Waals surface area contributed by atoms with E-state index in [1.54, 1.807) is 72.4 Å². The smallest absolute Gasteiger partial charge is 0.410 e. The van der Waals surface area contributed by atoms with Crippen molar-refractivity contribution in [3.05, 3.63) is 141 Å². The molecule has 2 aliphatic carbocycles. The average Bonchev–Trinajstić information content (AvgIpc) is 0.987. The van der Waals surface area contributed by atoms with Crippen molar-refractivity contribution in [1.29, 1.82) is 0 Å². The maximum atomic E-state index is 15.3. The molecule has 0 aromatic heterocycles. The molecule has 0 spiro atoms. The minimum atomic E-state index is -1.12. The van der Waals surface area contributed by atoms with Gasteiger partial charge in [-0.3, -0.25) is 43.4 Å². The summed E-state index contributed by atoms with van der Waals surface area (Å²) in [4.78, 5) is 133. The van der Waals surface area contributed by atoms with Gasteiger partial charge in [0.25, 0.3) is 5.91 Å². The third kappa shape index (κ3) is 17.7. The van der Waals surface area contributed by atoms with E-state index in [4.69, 9.17) is 9.47 Å². The summed E-state index contributed by atoms with van der Waals surface area (Å²) in [6, 6.07) is 22.4. The van der Waals surface area contributed by atoms with Gasteiger partial charge in [-0.25, -0.2) is 9.59 Å². The van der Waals surface area contributed by atoms with Crippen molar-refractivity contribution in [3.63, 3.8) is 0 Å². The van der Waals surface area contributed by atoms with Crippen LogP contribution in [0.2, 0.25) is 0 Å². The van der Waals surface area contributed by atoms with E-state index in [0.717, 1.165) is 77.5 Å². The molecule has 94 heavy (non-hydrogen) atoms. The molecule has 9 atom stereocenters. The third-order valence-electron chi connectivity index (χ3n) is 18.6. The first-order chi connectivity index (χ1) is 44.0. The fourth-order valence-electron chi connectivity index (χ4n) is 12.9. The summed E-state index contributed by atoms with van der Waals surface area (Å²) in [6.07, 6.45) is 5.27. The first-order valence-corrected chi connectivity index (χ1v) is 33.4. The number of fused-ring (bicyclic) bond motifs is 3. The van der Waals surface area contributed by atoms with Gasteiger partial charge in [-0.05, 0) is 181 Å². The number of likely N-dealkylation sites (N-methyl/N-ethyl adjacent to an activating group) is 2. The Labute approximate surface area is 555 Å². The van der Waals surface area contributed by atoms with Crippen molar-refractivity contribution in [3.8, 4) is 0 Å². The van der Waals surface area contributed by atoms with Crippen LogP contribution in [0.25, 0.3) is 0 Å². The Hall–Kier alpha value is -8.29. The molecule has 0 radical (unpaired) electrons. The zero-order valence-corrected chi connectivity index (χ0v) is 58.1. The summed E-state index contributed by atoms with van der Waals surface area (Å²) in [5.41, 5.74) is 5.34. The molecule has 20 heteroatoms. The van der Waals surface area contributed by atoms with E-state index in [1.807, 2.05) is 102 Å². The monoisotopic (exact) mass is 1290 g/mol. The van der Waals surface area contributed by atoms with Crippen LogP contribution >= 0.6 is 0 Å². The van der Waals surface area contributed by atoms with Crippen LogP contribution in [0, 0.1) is 10.8 Å². The molecule has 508 valence electrons. The molecule has 4 aromatic rings. The number of benzene rings is 4. The molecule has 20 nitrogen and oxygen atoms in total. The lowest BCUT2D eigenvalue weighted by Crippen LogP contribution is -2.62. The lowest BCUT2D eigenvalue weighted by atomic mass is 9.83. The molecule has 0 bridgehead atoms. The Morgan fingerprint density at radius 1 is 0.532 bits per heavy atom. The second-order valence-electron chi connectivity index (χ2n) is 30.4. The maximum absolute atomic E-state index is 15.3. The standard InChI is InChI=1S/C74H101N9O11/c1-44(80(15)69(91)93-73(9,10)11)62(84)78-60(71(3,4)5)67(89)82-42-52-39-47(35-38-51(52)40-58(82)65(87)76-56-29-21-25-48-23-17-19-27-54(48)56)32-31-46-33-36-50(37-34-46)64(86)75-53-41-59(66(88)77-57-30-22-26-49-24-18-20-28-55(49)57)83(43-53)68(90)61(72(6,7)8)79-63(85)45(2)81(16)70(92)94-74(12,13)14/h17-20,23-24,27-28,33-39,44-45,53,56-61H,21-22,25-26,29-32,40-43H2,1-16H3,(H,75,86)(H,76,87)(H,77,88)(H,78,84)(H,79,85)/t44-,45-,53-,56+,57+,58-,59-,60+,61?/m0/s1. The maximum Gasteiger partial charge on any atom is 0.410 e. The molecular formula is C74H101N9O11. The van der Waals surface area contributed by atoms with Gasteiger partial charge in [0.1, 0.15) is 47.5 Å². The number of hydrogen-bond donors (Lipinski definition) is 5. The zero-order valence-electron chi connectivity index (χ0n) is 58.1. The predicted molar refractivity (Wildman–Crippen MR) is 360 cm³/mol. The molecule has 5 N–H and O–H groups in total. The van der Waals surface area contributed by atoms with Crippen molar-refractivity contribution in [2.45, 2.75) is 233 Å². The van der Waals surface area contributed by atoms with Gasteiger partial charge in [0.05, 0.1) is 12.1 Å². The van der Waals surface area contributed by atoms with E-state index in [1.165, 1.54) is 34.4 Å². The van der Waals surface area contributed by atoms with Crippen LogP contribution in [-0.2, 0) is 76.9 Å². The number of ether oxygens (including phenoxy) is 2. The zero-order chi connectivity index (χ0) is 68.9. The molecule has 1 fully saturated rings. The Balaban J connectivity index is 0.971.